The minimum atomic E-state index is -0.938. The summed E-state index contributed by atoms with van der Waals surface area (Å²) < 4.78 is 9.21. The van der Waals surface area contributed by atoms with E-state index in [1.807, 2.05) is 0 Å². The summed E-state index contributed by atoms with van der Waals surface area (Å²) >= 11 is 0. The van der Waals surface area contributed by atoms with Gasteiger partial charge in [-0.2, -0.15) is 10.5 Å². The third kappa shape index (κ3) is 3.18. The molecule has 0 bridgehead atoms. The molecule has 0 atom stereocenters. The SMILES string of the molecule is COC(=O)c1cc2c(c([N+](=O)[O-])c1)-c1c(cc(C(=O)OC)cc1[N+](=O)[O-])C2=C(C#N)C#N. The number of rotatable bonds is 4. The van der Waals surface area contributed by atoms with Crippen LogP contribution < -0.4 is 0 Å². The molecule has 32 heavy (non-hydrogen) atoms. The highest BCUT2D eigenvalue weighted by molar-refractivity contribution is 6.12. The van der Waals surface area contributed by atoms with E-state index in [2.05, 4.69) is 9.47 Å². The number of fused-ring (bicyclic) bond motifs is 3. The highest BCUT2D eigenvalue weighted by Gasteiger charge is 2.40. The van der Waals surface area contributed by atoms with E-state index in [4.69, 9.17) is 0 Å². The number of nitriles is 2. The van der Waals surface area contributed by atoms with Gasteiger partial charge in [-0.1, -0.05) is 0 Å². The number of nitro benzene ring substituents is 2. The predicted molar refractivity (Wildman–Crippen MR) is 105 cm³/mol. The summed E-state index contributed by atoms with van der Waals surface area (Å²) in [5, 5.41) is 42.6. The number of ether oxygens (including phenoxy) is 2. The fraction of sp³-hybridized carbons (Fsp3) is 0.100. The van der Waals surface area contributed by atoms with Crippen LogP contribution in [0.5, 0.6) is 0 Å². The predicted octanol–water partition coefficient (Wildman–Crippen LogP) is 2.91. The quantitative estimate of drug-likeness (QED) is 0.256. The van der Waals surface area contributed by atoms with E-state index in [-0.39, 0.29) is 39.0 Å². The maximum absolute atomic E-state index is 12.1. The summed E-state index contributed by atoms with van der Waals surface area (Å²) in [7, 11) is 2.10. The first-order chi connectivity index (χ1) is 15.2. The van der Waals surface area contributed by atoms with Crippen LogP contribution in [-0.4, -0.2) is 36.0 Å². The Morgan fingerprint density at radius 1 is 0.812 bits per heavy atom. The highest BCUT2D eigenvalue weighted by atomic mass is 16.6. The van der Waals surface area contributed by atoms with Gasteiger partial charge in [0.05, 0.1) is 46.3 Å². The van der Waals surface area contributed by atoms with Crippen LogP contribution in [0, 0.1) is 42.9 Å². The van der Waals surface area contributed by atoms with E-state index >= 15 is 0 Å². The first kappa shape index (κ1) is 21.6. The molecule has 3 rings (SSSR count). The Kier molecular flexibility index (Phi) is 5.38. The molecule has 0 radical (unpaired) electrons. The van der Waals surface area contributed by atoms with E-state index in [9.17, 15) is 40.3 Å². The third-order valence-corrected chi connectivity index (χ3v) is 4.73. The molecule has 0 saturated heterocycles. The number of allylic oxidation sites excluding steroid dienone is 1. The number of carbonyl (C=O) groups excluding carboxylic acids is 2. The molecular weight excluding hydrogens is 424 g/mol. The number of methoxy groups -OCH3 is 2. The monoisotopic (exact) mass is 434 g/mol. The van der Waals surface area contributed by atoms with Crippen molar-refractivity contribution in [1.82, 2.24) is 0 Å². The first-order valence-electron chi connectivity index (χ1n) is 8.57. The van der Waals surface area contributed by atoms with Crippen molar-refractivity contribution in [2.45, 2.75) is 0 Å². The molecule has 0 saturated carbocycles. The van der Waals surface area contributed by atoms with Crippen molar-refractivity contribution in [3.8, 4) is 23.3 Å². The van der Waals surface area contributed by atoms with Crippen LogP contribution in [0.3, 0.4) is 0 Å². The summed E-state index contributed by atoms with van der Waals surface area (Å²) in [6.07, 6.45) is 0. The lowest BCUT2D eigenvalue weighted by Gasteiger charge is -2.07. The molecule has 0 spiro atoms. The Morgan fingerprint density at radius 2 is 1.19 bits per heavy atom. The second-order valence-corrected chi connectivity index (χ2v) is 6.31. The Labute approximate surface area is 178 Å². The number of nitrogens with zero attached hydrogens (tertiary/aromatic N) is 4. The first-order valence-corrected chi connectivity index (χ1v) is 8.57. The number of nitro groups is 2. The van der Waals surface area contributed by atoms with Crippen LogP contribution in [0.25, 0.3) is 16.7 Å². The average Bonchev–Trinajstić information content (AvgIpc) is 3.11. The number of benzene rings is 2. The molecule has 12 nitrogen and oxygen atoms in total. The van der Waals surface area contributed by atoms with Gasteiger partial charge in [0.25, 0.3) is 11.4 Å². The average molecular weight is 434 g/mol. The summed E-state index contributed by atoms with van der Waals surface area (Å²) in [6, 6.07) is 7.33. The van der Waals surface area contributed by atoms with E-state index in [0.29, 0.717) is 0 Å². The molecule has 1 aliphatic rings. The van der Waals surface area contributed by atoms with Gasteiger partial charge in [-0.3, -0.25) is 20.2 Å². The molecular formula is C20H10N4O8. The molecule has 0 unspecified atom stereocenters. The van der Waals surface area contributed by atoms with Gasteiger partial charge in [0.2, 0.25) is 0 Å². The molecule has 0 amide bonds. The lowest BCUT2D eigenvalue weighted by atomic mass is 9.96. The van der Waals surface area contributed by atoms with Crippen LogP contribution in [0.1, 0.15) is 31.8 Å². The standard InChI is InChI=1S/C20H10N4O8/c1-31-19(25)9-3-12-16(11(7-21)8-22)13-4-10(20(26)32-2)6-15(24(29)30)18(13)17(12)14(5-9)23(27)28/h3-6H,1-2H3. The minimum Gasteiger partial charge on any atom is -0.465 e. The van der Waals surface area contributed by atoms with Crippen molar-refractivity contribution in [3.63, 3.8) is 0 Å². The van der Waals surface area contributed by atoms with Crippen molar-refractivity contribution in [2.75, 3.05) is 14.2 Å². The lowest BCUT2D eigenvalue weighted by molar-refractivity contribution is -0.386. The van der Waals surface area contributed by atoms with Gasteiger partial charge < -0.3 is 9.47 Å². The van der Waals surface area contributed by atoms with Crippen LogP contribution >= 0.6 is 0 Å². The maximum atomic E-state index is 12.1. The summed E-state index contributed by atoms with van der Waals surface area (Å²) in [4.78, 5) is 46.1. The Bertz CT molecular complexity index is 1260. The van der Waals surface area contributed by atoms with Gasteiger partial charge >= 0.3 is 11.9 Å². The van der Waals surface area contributed by atoms with Gasteiger partial charge in [0, 0.05) is 28.8 Å². The summed E-state index contributed by atoms with van der Waals surface area (Å²) in [6.45, 7) is 0. The molecule has 2 aromatic rings. The van der Waals surface area contributed by atoms with Gasteiger partial charge in [0.15, 0.2) is 0 Å². The van der Waals surface area contributed by atoms with Gasteiger partial charge in [-0.25, -0.2) is 9.59 Å². The van der Waals surface area contributed by atoms with E-state index in [1.165, 1.54) is 0 Å². The number of esters is 2. The number of carbonyl (C=O) groups is 2. The van der Waals surface area contributed by atoms with Crippen LogP contribution in [0.15, 0.2) is 29.8 Å². The van der Waals surface area contributed by atoms with Gasteiger partial charge in [-0.15, -0.1) is 0 Å². The van der Waals surface area contributed by atoms with E-state index in [1.54, 1.807) is 12.1 Å². The molecule has 0 heterocycles. The fourth-order valence-corrected chi connectivity index (χ4v) is 3.48. The zero-order valence-corrected chi connectivity index (χ0v) is 16.4. The molecule has 158 valence electrons. The molecule has 0 fully saturated rings. The zero-order valence-electron chi connectivity index (χ0n) is 16.4. The topological polar surface area (TPSA) is 186 Å². The third-order valence-electron chi connectivity index (χ3n) is 4.73. The van der Waals surface area contributed by atoms with E-state index in [0.717, 1.165) is 38.5 Å². The summed E-state index contributed by atoms with van der Waals surface area (Å²) in [5.74, 6) is -1.88. The molecule has 0 aromatic heterocycles. The molecule has 0 aliphatic heterocycles. The van der Waals surface area contributed by atoms with Crippen molar-refractivity contribution in [3.05, 3.63) is 72.3 Å². The van der Waals surface area contributed by atoms with Crippen LogP contribution in [0.2, 0.25) is 0 Å². The highest BCUT2D eigenvalue weighted by Crippen LogP contribution is 2.53. The fourth-order valence-electron chi connectivity index (χ4n) is 3.48. The lowest BCUT2D eigenvalue weighted by Crippen LogP contribution is -2.05. The van der Waals surface area contributed by atoms with Crippen molar-refractivity contribution >= 4 is 28.9 Å². The Balaban J connectivity index is 2.62. The van der Waals surface area contributed by atoms with Crippen molar-refractivity contribution in [1.29, 1.82) is 10.5 Å². The molecule has 1 aliphatic carbocycles. The van der Waals surface area contributed by atoms with E-state index < -0.39 is 38.7 Å². The number of hydrogen-bond acceptors (Lipinski definition) is 10. The normalized spacial score (nSPS) is 10.8. The molecule has 0 N–H and O–H groups in total. The van der Waals surface area contributed by atoms with Crippen molar-refractivity contribution < 1.29 is 28.9 Å². The number of hydrogen-bond donors (Lipinski definition) is 0. The Morgan fingerprint density at radius 3 is 1.47 bits per heavy atom. The van der Waals surface area contributed by atoms with Gasteiger partial charge in [0.1, 0.15) is 17.7 Å². The Hall–Kier alpha value is -5.10. The second kappa shape index (κ2) is 7.97. The largest absolute Gasteiger partial charge is 0.465 e. The van der Waals surface area contributed by atoms with Gasteiger partial charge in [-0.05, 0) is 12.1 Å². The minimum absolute atomic E-state index is 0.127. The second-order valence-electron chi connectivity index (χ2n) is 6.31. The van der Waals surface area contributed by atoms with Crippen molar-refractivity contribution in [2.24, 2.45) is 0 Å². The molecule has 12 heteroatoms. The van der Waals surface area contributed by atoms with Crippen LogP contribution in [0.4, 0.5) is 11.4 Å². The smallest absolute Gasteiger partial charge is 0.338 e. The van der Waals surface area contributed by atoms with Crippen LogP contribution in [-0.2, 0) is 9.47 Å². The maximum Gasteiger partial charge on any atom is 0.338 e. The zero-order chi connectivity index (χ0) is 23.7. The molecule has 2 aromatic carbocycles. The summed E-state index contributed by atoms with van der Waals surface area (Å²) in [5.41, 5.74) is -3.40.